The predicted octanol–water partition coefficient (Wildman–Crippen LogP) is 1.12. The number of carbonyl (C=O) groups is 1. The Morgan fingerprint density at radius 2 is 2.07 bits per heavy atom. The minimum atomic E-state index is 0.114. The first-order valence-corrected chi connectivity index (χ1v) is 5.79. The van der Waals surface area contributed by atoms with Gasteiger partial charge in [-0.15, -0.1) is 0 Å². The zero-order valence-electron chi connectivity index (χ0n) is 10.1. The van der Waals surface area contributed by atoms with E-state index >= 15 is 0 Å². The molecule has 0 spiro atoms. The zero-order valence-corrected chi connectivity index (χ0v) is 10.1. The Hall–Kier alpha value is -0.770. The summed E-state index contributed by atoms with van der Waals surface area (Å²) in [6.45, 7) is 3.51. The molecule has 0 saturated heterocycles. The number of rotatable bonds is 3. The number of hydrogen-bond donors (Lipinski definition) is 1. The number of carbonyl (C=O) groups excluding carboxylic acids is 1. The third kappa shape index (κ3) is 2.62. The fourth-order valence-corrected chi connectivity index (χ4v) is 2.47. The lowest BCUT2D eigenvalue weighted by atomic mass is 10.0. The molecule has 1 rings (SSSR count). The Morgan fingerprint density at radius 3 is 2.53 bits per heavy atom. The molecule has 0 aromatic heterocycles. The first kappa shape index (κ1) is 12.3. The van der Waals surface area contributed by atoms with E-state index in [1.54, 1.807) is 19.0 Å². The first-order chi connectivity index (χ1) is 7.11. The van der Waals surface area contributed by atoms with Crippen LogP contribution >= 0.6 is 0 Å². The van der Waals surface area contributed by atoms with E-state index in [1.165, 1.54) is 12.8 Å². The van der Waals surface area contributed by atoms with Crippen LogP contribution in [0.5, 0.6) is 0 Å². The summed E-state index contributed by atoms with van der Waals surface area (Å²) in [6.07, 6.45) is 3.47. The van der Waals surface area contributed by atoms with Crippen molar-refractivity contribution in [1.29, 1.82) is 0 Å². The van der Waals surface area contributed by atoms with Gasteiger partial charge in [-0.1, -0.05) is 6.42 Å². The molecule has 4 nitrogen and oxygen atoms in total. The van der Waals surface area contributed by atoms with Crippen molar-refractivity contribution in [3.63, 3.8) is 0 Å². The molecule has 1 saturated carbocycles. The largest absolute Gasteiger partial charge is 0.331 e. The van der Waals surface area contributed by atoms with E-state index in [1.807, 2.05) is 11.8 Å². The fraction of sp³-hybridized carbons (Fsp3) is 0.909. The van der Waals surface area contributed by atoms with Crippen molar-refractivity contribution in [3.05, 3.63) is 0 Å². The van der Waals surface area contributed by atoms with Gasteiger partial charge in [0.15, 0.2) is 0 Å². The van der Waals surface area contributed by atoms with E-state index in [9.17, 15) is 4.79 Å². The van der Waals surface area contributed by atoms with Crippen LogP contribution in [0.15, 0.2) is 0 Å². The molecule has 2 amide bonds. The second kappa shape index (κ2) is 5.35. The maximum absolute atomic E-state index is 11.9. The van der Waals surface area contributed by atoms with Crippen LogP contribution in [0.25, 0.3) is 0 Å². The summed E-state index contributed by atoms with van der Waals surface area (Å²) in [5, 5.41) is 0. The summed E-state index contributed by atoms with van der Waals surface area (Å²) in [5.74, 6) is 0.494. The zero-order chi connectivity index (χ0) is 11.4. The average molecular weight is 213 g/mol. The van der Waals surface area contributed by atoms with Crippen LogP contribution < -0.4 is 5.73 Å². The summed E-state index contributed by atoms with van der Waals surface area (Å²) in [6, 6.07) is 0.470. The van der Waals surface area contributed by atoms with Gasteiger partial charge < -0.3 is 15.5 Å². The second-order valence-corrected chi connectivity index (χ2v) is 4.46. The van der Waals surface area contributed by atoms with Gasteiger partial charge in [0, 0.05) is 26.7 Å². The van der Waals surface area contributed by atoms with E-state index in [0.717, 1.165) is 13.0 Å². The van der Waals surface area contributed by atoms with E-state index in [0.29, 0.717) is 18.5 Å². The highest BCUT2D eigenvalue weighted by atomic mass is 16.2. The smallest absolute Gasteiger partial charge is 0.319 e. The molecule has 0 heterocycles. The van der Waals surface area contributed by atoms with Gasteiger partial charge in [0.05, 0.1) is 0 Å². The SMILES string of the molecule is CCN(C(=O)N(C)C)C1CCCC1CN. The van der Waals surface area contributed by atoms with E-state index < -0.39 is 0 Å². The predicted molar refractivity (Wildman–Crippen MR) is 61.6 cm³/mol. The normalized spacial score (nSPS) is 25.3. The summed E-state index contributed by atoms with van der Waals surface area (Å²) >= 11 is 0. The highest BCUT2D eigenvalue weighted by molar-refractivity contribution is 5.74. The monoisotopic (exact) mass is 213 g/mol. The topological polar surface area (TPSA) is 49.6 Å². The molecule has 2 N–H and O–H groups in total. The van der Waals surface area contributed by atoms with Crippen LogP contribution in [0.3, 0.4) is 0 Å². The molecule has 0 aliphatic heterocycles. The van der Waals surface area contributed by atoms with Crippen molar-refractivity contribution in [2.75, 3.05) is 27.2 Å². The fourth-order valence-electron chi connectivity index (χ4n) is 2.47. The summed E-state index contributed by atoms with van der Waals surface area (Å²) < 4.78 is 0. The Balaban J connectivity index is 2.69. The van der Waals surface area contributed by atoms with Gasteiger partial charge in [-0.3, -0.25) is 0 Å². The highest BCUT2D eigenvalue weighted by Gasteiger charge is 2.33. The molecule has 2 unspecified atom stereocenters. The van der Waals surface area contributed by atoms with Crippen LogP contribution in [-0.2, 0) is 0 Å². The Kier molecular flexibility index (Phi) is 4.39. The van der Waals surface area contributed by atoms with Gasteiger partial charge in [0.25, 0.3) is 0 Å². The van der Waals surface area contributed by atoms with Crippen molar-refractivity contribution < 1.29 is 4.79 Å². The average Bonchev–Trinajstić information content (AvgIpc) is 2.66. The van der Waals surface area contributed by atoms with Crippen LogP contribution in [0.2, 0.25) is 0 Å². The number of hydrogen-bond acceptors (Lipinski definition) is 2. The highest BCUT2D eigenvalue weighted by Crippen LogP contribution is 2.29. The molecule has 0 bridgehead atoms. The third-order valence-corrected chi connectivity index (χ3v) is 3.29. The van der Waals surface area contributed by atoms with Gasteiger partial charge in [-0.05, 0) is 32.2 Å². The number of nitrogens with two attached hydrogens (primary N) is 1. The molecule has 1 aliphatic carbocycles. The first-order valence-electron chi connectivity index (χ1n) is 5.79. The minimum absolute atomic E-state index is 0.114. The summed E-state index contributed by atoms with van der Waals surface area (Å²) in [7, 11) is 3.61. The maximum atomic E-state index is 11.9. The van der Waals surface area contributed by atoms with Crippen LogP contribution in [0.1, 0.15) is 26.2 Å². The molecule has 1 fully saturated rings. The maximum Gasteiger partial charge on any atom is 0.319 e. The van der Waals surface area contributed by atoms with Crippen molar-refractivity contribution in [1.82, 2.24) is 9.80 Å². The molecular formula is C11H23N3O. The van der Waals surface area contributed by atoms with Crippen molar-refractivity contribution >= 4 is 6.03 Å². The van der Waals surface area contributed by atoms with Crippen molar-refractivity contribution in [2.45, 2.75) is 32.2 Å². The van der Waals surface area contributed by atoms with Crippen LogP contribution in [0, 0.1) is 5.92 Å². The number of urea groups is 1. The lowest BCUT2D eigenvalue weighted by Gasteiger charge is -2.33. The summed E-state index contributed by atoms with van der Waals surface area (Å²) in [5.41, 5.74) is 5.74. The van der Waals surface area contributed by atoms with Gasteiger partial charge in [0.2, 0.25) is 0 Å². The number of amides is 2. The van der Waals surface area contributed by atoms with Crippen molar-refractivity contribution in [2.24, 2.45) is 11.7 Å². The molecule has 15 heavy (non-hydrogen) atoms. The molecule has 88 valence electrons. The van der Waals surface area contributed by atoms with E-state index in [4.69, 9.17) is 5.73 Å². The molecule has 2 atom stereocenters. The molecule has 1 aliphatic rings. The van der Waals surface area contributed by atoms with Gasteiger partial charge >= 0.3 is 6.03 Å². The van der Waals surface area contributed by atoms with Gasteiger partial charge in [0.1, 0.15) is 0 Å². The number of nitrogens with zero attached hydrogens (tertiary/aromatic N) is 2. The Labute approximate surface area is 92.4 Å². The van der Waals surface area contributed by atoms with Crippen LogP contribution in [0.4, 0.5) is 4.79 Å². The van der Waals surface area contributed by atoms with Gasteiger partial charge in [-0.25, -0.2) is 4.79 Å². The summed E-state index contributed by atoms with van der Waals surface area (Å²) in [4.78, 5) is 15.5. The standard InChI is InChI=1S/C11H23N3O/c1-4-14(11(15)13(2)3)10-7-5-6-9(10)8-12/h9-10H,4-8,12H2,1-3H3. The molecule has 4 heteroatoms. The molecular weight excluding hydrogens is 190 g/mol. The second-order valence-electron chi connectivity index (χ2n) is 4.46. The van der Waals surface area contributed by atoms with E-state index in [-0.39, 0.29) is 6.03 Å². The quantitative estimate of drug-likeness (QED) is 0.763. The van der Waals surface area contributed by atoms with E-state index in [2.05, 4.69) is 0 Å². The molecule has 0 aromatic rings. The van der Waals surface area contributed by atoms with Gasteiger partial charge in [-0.2, -0.15) is 0 Å². The Morgan fingerprint density at radius 1 is 1.40 bits per heavy atom. The molecule has 0 aromatic carbocycles. The lowest BCUT2D eigenvalue weighted by molar-refractivity contribution is 0.139. The third-order valence-electron chi connectivity index (χ3n) is 3.29. The Bertz CT molecular complexity index is 218. The van der Waals surface area contributed by atoms with Crippen molar-refractivity contribution in [3.8, 4) is 0 Å². The van der Waals surface area contributed by atoms with Crippen LogP contribution in [-0.4, -0.2) is 49.1 Å². The minimum Gasteiger partial charge on any atom is -0.331 e. The lowest BCUT2D eigenvalue weighted by Crippen LogP contribution is -2.48. The molecule has 0 radical (unpaired) electrons.